The number of hydrogen-bond donors (Lipinski definition) is 2. The number of amides is 2. The van der Waals surface area contributed by atoms with Crippen molar-refractivity contribution >= 4 is 12.0 Å². The molecule has 1 aromatic heterocycles. The Kier molecular flexibility index (Phi) is 5.54. The smallest absolute Gasteiger partial charge is 0.329 e. The fourth-order valence-corrected chi connectivity index (χ4v) is 1.55. The molecule has 0 aliphatic carbocycles. The second-order valence-corrected chi connectivity index (χ2v) is 5.16. The SMILES string of the molecule is CN(C(=O)NCCCCn1ccnc1)C(C)(C)C(=O)O. The third-order valence-corrected chi connectivity index (χ3v) is 3.35. The minimum atomic E-state index is -1.22. The summed E-state index contributed by atoms with van der Waals surface area (Å²) in [5.74, 6) is -1.03. The molecule has 1 aromatic rings. The zero-order valence-corrected chi connectivity index (χ0v) is 12.2. The summed E-state index contributed by atoms with van der Waals surface area (Å²) < 4.78 is 1.97. The Morgan fingerprint density at radius 2 is 2.10 bits per heavy atom. The zero-order valence-electron chi connectivity index (χ0n) is 12.2. The van der Waals surface area contributed by atoms with Gasteiger partial charge in [0.15, 0.2) is 0 Å². The van der Waals surface area contributed by atoms with Crippen molar-refractivity contribution in [1.29, 1.82) is 0 Å². The van der Waals surface area contributed by atoms with Crippen LogP contribution in [0.5, 0.6) is 0 Å². The Morgan fingerprint density at radius 3 is 2.65 bits per heavy atom. The second kappa shape index (κ2) is 6.93. The number of aryl methyl sites for hydroxylation is 1. The molecule has 0 spiro atoms. The topological polar surface area (TPSA) is 87.5 Å². The number of likely N-dealkylation sites (N-methyl/N-ethyl adjacent to an activating group) is 1. The van der Waals surface area contributed by atoms with Gasteiger partial charge in [-0.15, -0.1) is 0 Å². The summed E-state index contributed by atoms with van der Waals surface area (Å²) in [5.41, 5.74) is -1.22. The van der Waals surface area contributed by atoms with E-state index in [1.54, 1.807) is 12.5 Å². The standard InChI is InChI=1S/C13H22N4O3/c1-13(2,11(18)19)16(3)12(20)15-6-4-5-8-17-9-7-14-10-17/h7,9-10H,4-6,8H2,1-3H3,(H,15,20)(H,18,19). The van der Waals surface area contributed by atoms with Gasteiger partial charge in [-0.2, -0.15) is 0 Å². The lowest BCUT2D eigenvalue weighted by molar-refractivity contribution is -0.146. The van der Waals surface area contributed by atoms with Crippen molar-refractivity contribution in [3.63, 3.8) is 0 Å². The lowest BCUT2D eigenvalue weighted by Crippen LogP contribution is -2.54. The molecular weight excluding hydrogens is 260 g/mol. The quantitative estimate of drug-likeness (QED) is 0.735. The summed E-state index contributed by atoms with van der Waals surface area (Å²) in [6.45, 7) is 4.36. The predicted molar refractivity (Wildman–Crippen MR) is 74.3 cm³/mol. The summed E-state index contributed by atoms with van der Waals surface area (Å²) in [6, 6.07) is -0.375. The van der Waals surface area contributed by atoms with Crippen molar-refractivity contribution in [2.75, 3.05) is 13.6 Å². The predicted octanol–water partition coefficient (Wildman–Crippen LogP) is 1.17. The summed E-state index contributed by atoms with van der Waals surface area (Å²) in [4.78, 5) is 28.0. The number of hydrogen-bond acceptors (Lipinski definition) is 3. The third-order valence-electron chi connectivity index (χ3n) is 3.35. The van der Waals surface area contributed by atoms with Crippen LogP contribution in [0.2, 0.25) is 0 Å². The average Bonchev–Trinajstić information content (AvgIpc) is 2.90. The molecule has 7 heteroatoms. The fraction of sp³-hybridized carbons (Fsp3) is 0.615. The van der Waals surface area contributed by atoms with Crippen LogP contribution >= 0.6 is 0 Å². The average molecular weight is 282 g/mol. The Bertz CT molecular complexity index is 442. The molecule has 1 rings (SSSR count). The number of unbranched alkanes of at least 4 members (excludes halogenated alkanes) is 1. The van der Waals surface area contributed by atoms with E-state index in [2.05, 4.69) is 10.3 Å². The molecule has 0 fully saturated rings. The van der Waals surface area contributed by atoms with Crippen LogP contribution in [0.4, 0.5) is 4.79 Å². The molecule has 20 heavy (non-hydrogen) atoms. The second-order valence-electron chi connectivity index (χ2n) is 5.16. The van der Waals surface area contributed by atoms with Crippen LogP contribution in [0.15, 0.2) is 18.7 Å². The molecule has 112 valence electrons. The van der Waals surface area contributed by atoms with E-state index in [4.69, 9.17) is 5.11 Å². The number of urea groups is 1. The molecule has 0 unspecified atom stereocenters. The number of carbonyl (C=O) groups is 2. The maximum Gasteiger partial charge on any atom is 0.329 e. The molecule has 0 aliphatic heterocycles. The van der Waals surface area contributed by atoms with Gasteiger partial charge in [0.2, 0.25) is 0 Å². The molecule has 0 atom stereocenters. The fourth-order valence-electron chi connectivity index (χ4n) is 1.55. The van der Waals surface area contributed by atoms with Crippen LogP contribution in [0, 0.1) is 0 Å². The number of carbonyl (C=O) groups excluding carboxylic acids is 1. The molecule has 0 saturated carbocycles. The van der Waals surface area contributed by atoms with Gasteiger partial charge in [0.1, 0.15) is 5.54 Å². The molecule has 2 N–H and O–H groups in total. The van der Waals surface area contributed by atoms with Gasteiger partial charge in [-0.1, -0.05) is 0 Å². The van der Waals surface area contributed by atoms with Gasteiger partial charge in [0, 0.05) is 32.5 Å². The minimum absolute atomic E-state index is 0.375. The molecule has 7 nitrogen and oxygen atoms in total. The highest BCUT2D eigenvalue weighted by atomic mass is 16.4. The number of nitrogens with zero attached hydrogens (tertiary/aromatic N) is 3. The van der Waals surface area contributed by atoms with Crippen LogP contribution in [0.1, 0.15) is 26.7 Å². The normalized spacial score (nSPS) is 11.2. The van der Waals surface area contributed by atoms with Gasteiger partial charge in [-0.3, -0.25) is 0 Å². The number of carboxylic acids is 1. The van der Waals surface area contributed by atoms with E-state index in [0.29, 0.717) is 6.54 Å². The van der Waals surface area contributed by atoms with Crippen molar-refractivity contribution in [2.24, 2.45) is 0 Å². The molecule has 0 saturated heterocycles. The monoisotopic (exact) mass is 282 g/mol. The van der Waals surface area contributed by atoms with Crippen molar-refractivity contribution in [3.8, 4) is 0 Å². The largest absolute Gasteiger partial charge is 0.480 e. The first kappa shape index (κ1) is 16.0. The van der Waals surface area contributed by atoms with Crippen LogP contribution in [0.3, 0.4) is 0 Å². The zero-order chi connectivity index (χ0) is 15.2. The van der Waals surface area contributed by atoms with Crippen LogP contribution in [0.25, 0.3) is 0 Å². The Labute approximate surface area is 118 Å². The van der Waals surface area contributed by atoms with Crippen molar-refractivity contribution in [2.45, 2.75) is 38.8 Å². The minimum Gasteiger partial charge on any atom is -0.480 e. The van der Waals surface area contributed by atoms with E-state index >= 15 is 0 Å². The van der Waals surface area contributed by atoms with Gasteiger partial charge in [-0.05, 0) is 26.7 Å². The number of imidazole rings is 1. The summed E-state index contributed by atoms with van der Waals surface area (Å²) >= 11 is 0. The van der Waals surface area contributed by atoms with Crippen molar-refractivity contribution < 1.29 is 14.7 Å². The summed E-state index contributed by atoms with van der Waals surface area (Å²) in [5, 5.41) is 11.8. The first-order valence-electron chi connectivity index (χ1n) is 6.56. The van der Waals surface area contributed by atoms with Crippen molar-refractivity contribution in [3.05, 3.63) is 18.7 Å². The lowest BCUT2D eigenvalue weighted by Gasteiger charge is -2.31. The van der Waals surface area contributed by atoms with E-state index in [-0.39, 0.29) is 6.03 Å². The van der Waals surface area contributed by atoms with E-state index < -0.39 is 11.5 Å². The summed E-state index contributed by atoms with van der Waals surface area (Å²) in [6.07, 6.45) is 7.11. The maximum atomic E-state index is 11.8. The molecule has 0 bridgehead atoms. The van der Waals surface area contributed by atoms with Crippen LogP contribution < -0.4 is 5.32 Å². The van der Waals surface area contributed by atoms with Gasteiger partial charge in [0.25, 0.3) is 0 Å². The van der Waals surface area contributed by atoms with Crippen molar-refractivity contribution in [1.82, 2.24) is 19.8 Å². The van der Waals surface area contributed by atoms with Gasteiger partial charge in [-0.25, -0.2) is 14.6 Å². The molecule has 0 radical (unpaired) electrons. The van der Waals surface area contributed by atoms with E-state index in [1.165, 1.54) is 25.8 Å². The molecule has 0 aromatic carbocycles. The van der Waals surface area contributed by atoms with Gasteiger partial charge >= 0.3 is 12.0 Å². The van der Waals surface area contributed by atoms with Gasteiger partial charge in [0.05, 0.1) is 6.33 Å². The molecule has 0 aliphatic rings. The highest BCUT2D eigenvalue weighted by Crippen LogP contribution is 2.12. The maximum absolute atomic E-state index is 11.8. The number of rotatable bonds is 7. The summed E-state index contributed by atoms with van der Waals surface area (Å²) in [7, 11) is 1.48. The highest BCUT2D eigenvalue weighted by molar-refractivity contribution is 5.85. The first-order chi connectivity index (χ1) is 9.35. The number of aromatic nitrogens is 2. The van der Waals surface area contributed by atoms with Crippen LogP contribution in [-0.2, 0) is 11.3 Å². The Hall–Kier alpha value is -2.05. The number of aliphatic carboxylic acids is 1. The van der Waals surface area contributed by atoms with E-state index in [1.807, 2.05) is 10.8 Å². The molecular formula is C13H22N4O3. The van der Waals surface area contributed by atoms with Gasteiger partial charge < -0.3 is 19.9 Å². The number of nitrogens with one attached hydrogen (secondary N) is 1. The molecule has 1 heterocycles. The van der Waals surface area contributed by atoms with E-state index in [9.17, 15) is 9.59 Å². The highest BCUT2D eigenvalue weighted by Gasteiger charge is 2.34. The first-order valence-corrected chi connectivity index (χ1v) is 6.56. The number of carboxylic acid groups (broad SMARTS) is 1. The van der Waals surface area contributed by atoms with Crippen LogP contribution in [-0.4, -0.2) is 50.7 Å². The van der Waals surface area contributed by atoms with E-state index in [0.717, 1.165) is 19.4 Å². The Balaban J connectivity index is 2.24. The molecule has 2 amide bonds. The lowest BCUT2D eigenvalue weighted by atomic mass is 10.1. The Morgan fingerprint density at radius 1 is 1.40 bits per heavy atom. The third kappa shape index (κ3) is 4.25.